The van der Waals surface area contributed by atoms with Gasteiger partial charge in [0.1, 0.15) is 4.88 Å². The fourth-order valence-corrected chi connectivity index (χ4v) is 3.19. The molecule has 0 aromatic carbocycles. The Labute approximate surface area is 113 Å². The average molecular weight is 274 g/mol. The first-order valence-corrected chi connectivity index (χ1v) is 6.46. The summed E-state index contributed by atoms with van der Waals surface area (Å²) < 4.78 is 0. The van der Waals surface area contributed by atoms with E-state index in [1.54, 1.807) is 36.3 Å². The van der Waals surface area contributed by atoms with Gasteiger partial charge in [0.05, 0.1) is 17.8 Å². The third-order valence-electron chi connectivity index (χ3n) is 3.04. The number of nitrogens with zero attached hydrogens (tertiary/aromatic N) is 2. The number of aromatic nitrogens is 1. The molecule has 0 radical (unpaired) electrons. The van der Waals surface area contributed by atoms with Crippen LogP contribution in [0.3, 0.4) is 0 Å². The molecule has 2 aromatic heterocycles. The summed E-state index contributed by atoms with van der Waals surface area (Å²) in [5, 5.41) is 9.08. The maximum absolute atomic E-state index is 12.2. The van der Waals surface area contributed by atoms with Crippen LogP contribution < -0.4 is 0 Å². The molecule has 0 saturated heterocycles. The van der Waals surface area contributed by atoms with Crippen molar-refractivity contribution < 1.29 is 14.7 Å². The maximum atomic E-state index is 12.2. The fourth-order valence-electron chi connectivity index (χ4n) is 2.14. The number of carbonyl (C=O) groups is 2. The summed E-state index contributed by atoms with van der Waals surface area (Å²) in [5.41, 5.74) is 1.82. The number of thiophene rings is 1. The molecule has 3 rings (SSSR count). The lowest BCUT2D eigenvalue weighted by Crippen LogP contribution is -2.24. The van der Waals surface area contributed by atoms with Crippen molar-refractivity contribution in [3.8, 4) is 11.3 Å². The molecule has 6 heteroatoms. The third kappa shape index (κ3) is 1.80. The van der Waals surface area contributed by atoms with Crippen LogP contribution in [0.25, 0.3) is 11.3 Å². The van der Waals surface area contributed by atoms with Crippen molar-refractivity contribution in [1.29, 1.82) is 0 Å². The Hall–Kier alpha value is -2.21. The number of carboxylic acids is 1. The van der Waals surface area contributed by atoms with Crippen molar-refractivity contribution in [1.82, 2.24) is 9.88 Å². The van der Waals surface area contributed by atoms with Crippen LogP contribution in [0.1, 0.15) is 24.9 Å². The fraction of sp³-hybridized carbons (Fsp3) is 0.154. The molecule has 0 aliphatic carbocycles. The van der Waals surface area contributed by atoms with Gasteiger partial charge >= 0.3 is 5.97 Å². The molecular formula is C13H10N2O3S. The summed E-state index contributed by atoms with van der Waals surface area (Å²) in [7, 11) is 1.70. The Morgan fingerprint density at radius 2 is 2.26 bits per heavy atom. The standard InChI is InChI=1S/C13H10N2O3S/c1-15-6-10-8(5-9(19-10)13(17)18)11-7(12(15)16)3-2-4-14-11/h2-5H,6H2,1H3,(H,17,18). The van der Waals surface area contributed by atoms with Crippen LogP contribution in [0, 0.1) is 0 Å². The largest absolute Gasteiger partial charge is 0.477 e. The monoisotopic (exact) mass is 274 g/mol. The Morgan fingerprint density at radius 3 is 3.00 bits per heavy atom. The quantitative estimate of drug-likeness (QED) is 0.864. The molecular weight excluding hydrogens is 264 g/mol. The number of carbonyl (C=O) groups excluding carboxylic acids is 1. The molecule has 1 aliphatic rings. The summed E-state index contributed by atoms with van der Waals surface area (Å²) in [6.45, 7) is 0.405. The van der Waals surface area contributed by atoms with E-state index in [1.165, 1.54) is 11.3 Å². The molecule has 3 heterocycles. The van der Waals surface area contributed by atoms with Gasteiger partial charge in [0.25, 0.3) is 5.91 Å². The van der Waals surface area contributed by atoms with Gasteiger partial charge in [-0.05, 0) is 18.2 Å². The zero-order chi connectivity index (χ0) is 13.6. The highest BCUT2D eigenvalue weighted by atomic mass is 32.1. The van der Waals surface area contributed by atoms with Gasteiger partial charge in [0.15, 0.2) is 0 Å². The highest BCUT2D eigenvalue weighted by molar-refractivity contribution is 7.14. The topological polar surface area (TPSA) is 70.5 Å². The zero-order valence-corrected chi connectivity index (χ0v) is 10.9. The van der Waals surface area contributed by atoms with Gasteiger partial charge in [-0.25, -0.2) is 4.79 Å². The summed E-state index contributed by atoms with van der Waals surface area (Å²) in [5.74, 6) is -1.05. The summed E-state index contributed by atoms with van der Waals surface area (Å²) in [6.07, 6.45) is 1.61. The van der Waals surface area contributed by atoms with E-state index in [-0.39, 0.29) is 10.8 Å². The van der Waals surface area contributed by atoms with Crippen LogP contribution in [-0.2, 0) is 6.54 Å². The van der Waals surface area contributed by atoms with Crippen LogP contribution >= 0.6 is 11.3 Å². The van der Waals surface area contributed by atoms with E-state index >= 15 is 0 Å². The van der Waals surface area contributed by atoms with Crippen molar-refractivity contribution in [3.63, 3.8) is 0 Å². The molecule has 96 valence electrons. The number of aromatic carboxylic acids is 1. The highest BCUT2D eigenvalue weighted by Gasteiger charge is 2.27. The molecule has 19 heavy (non-hydrogen) atoms. The highest BCUT2D eigenvalue weighted by Crippen LogP contribution is 2.36. The lowest BCUT2D eigenvalue weighted by atomic mass is 10.1. The number of fused-ring (bicyclic) bond motifs is 3. The van der Waals surface area contributed by atoms with Gasteiger partial charge < -0.3 is 10.0 Å². The Kier molecular flexibility index (Phi) is 2.60. The molecule has 0 spiro atoms. The number of pyridine rings is 1. The first kappa shape index (κ1) is 11.9. The smallest absolute Gasteiger partial charge is 0.345 e. The Morgan fingerprint density at radius 1 is 1.47 bits per heavy atom. The SMILES string of the molecule is CN1Cc2sc(C(=O)O)cc2-c2ncccc2C1=O. The van der Waals surface area contributed by atoms with Gasteiger partial charge in [0, 0.05) is 23.7 Å². The van der Waals surface area contributed by atoms with Crippen LogP contribution in [0.15, 0.2) is 24.4 Å². The second-order valence-corrected chi connectivity index (χ2v) is 5.45. The second-order valence-electron chi connectivity index (χ2n) is 4.31. The van der Waals surface area contributed by atoms with Gasteiger partial charge in [-0.3, -0.25) is 9.78 Å². The van der Waals surface area contributed by atoms with Gasteiger partial charge in [-0.2, -0.15) is 0 Å². The molecule has 0 unspecified atom stereocenters. The number of amides is 1. The molecule has 2 aromatic rings. The van der Waals surface area contributed by atoms with E-state index in [1.807, 2.05) is 0 Å². The number of rotatable bonds is 1. The molecule has 5 nitrogen and oxygen atoms in total. The van der Waals surface area contributed by atoms with Crippen LogP contribution in [-0.4, -0.2) is 33.9 Å². The molecule has 1 amide bonds. The molecule has 0 atom stereocenters. The van der Waals surface area contributed by atoms with Crippen molar-refractivity contribution in [2.75, 3.05) is 7.05 Å². The second kappa shape index (κ2) is 4.17. The zero-order valence-electron chi connectivity index (χ0n) is 10.1. The predicted octanol–water partition coefficient (Wildman–Crippen LogP) is 2.09. The van der Waals surface area contributed by atoms with E-state index in [2.05, 4.69) is 4.98 Å². The third-order valence-corrected chi connectivity index (χ3v) is 4.15. The van der Waals surface area contributed by atoms with Crippen molar-refractivity contribution in [2.45, 2.75) is 6.54 Å². The summed E-state index contributed by atoms with van der Waals surface area (Å²) in [4.78, 5) is 30.2. The van der Waals surface area contributed by atoms with E-state index in [9.17, 15) is 9.59 Å². The van der Waals surface area contributed by atoms with E-state index in [4.69, 9.17) is 5.11 Å². The van der Waals surface area contributed by atoms with Crippen molar-refractivity contribution in [2.24, 2.45) is 0 Å². The minimum atomic E-state index is -0.954. The summed E-state index contributed by atoms with van der Waals surface area (Å²) >= 11 is 1.19. The van der Waals surface area contributed by atoms with E-state index < -0.39 is 5.97 Å². The van der Waals surface area contributed by atoms with Crippen LogP contribution in [0.4, 0.5) is 0 Å². The lowest BCUT2D eigenvalue weighted by molar-refractivity contribution is 0.0701. The van der Waals surface area contributed by atoms with Crippen molar-refractivity contribution in [3.05, 3.63) is 39.7 Å². The van der Waals surface area contributed by atoms with Crippen molar-refractivity contribution >= 4 is 23.2 Å². The van der Waals surface area contributed by atoms with E-state index in [0.29, 0.717) is 17.8 Å². The minimum Gasteiger partial charge on any atom is -0.477 e. The molecule has 1 N–H and O–H groups in total. The number of hydrogen-bond acceptors (Lipinski definition) is 4. The number of hydrogen-bond donors (Lipinski definition) is 1. The van der Waals surface area contributed by atoms with Gasteiger partial charge in [0.2, 0.25) is 0 Å². The average Bonchev–Trinajstić information content (AvgIpc) is 2.78. The molecule has 0 bridgehead atoms. The molecule has 0 fully saturated rings. The normalized spacial score (nSPS) is 13.7. The molecule has 0 saturated carbocycles. The lowest BCUT2D eigenvalue weighted by Gasteiger charge is -2.13. The van der Waals surface area contributed by atoms with Gasteiger partial charge in [-0.15, -0.1) is 11.3 Å². The summed E-state index contributed by atoms with van der Waals surface area (Å²) in [6, 6.07) is 5.02. The Bertz CT molecular complexity index is 693. The minimum absolute atomic E-state index is 0.0941. The number of carboxylic acid groups (broad SMARTS) is 1. The van der Waals surface area contributed by atoms with E-state index in [0.717, 1.165) is 10.4 Å². The first-order chi connectivity index (χ1) is 9.08. The Balaban J connectivity index is 2.28. The maximum Gasteiger partial charge on any atom is 0.345 e. The van der Waals surface area contributed by atoms with Crippen LogP contribution in [0.5, 0.6) is 0 Å². The first-order valence-electron chi connectivity index (χ1n) is 5.65. The predicted molar refractivity (Wildman–Crippen MR) is 70.3 cm³/mol. The molecule has 1 aliphatic heterocycles. The van der Waals surface area contributed by atoms with Crippen LogP contribution in [0.2, 0.25) is 0 Å². The van der Waals surface area contributed by atoms with Gasteiger partial charge in [-0.1, -0.05) is 0 Å².